The first-order chi connectivity index (χ1) is 13.0. The number of halogens is 2. The average Bonchev–Trinajstić information content (AvgIpc) is 2.65. The number of carbonyl (C=O) groups excluding carboxylic acids is 1. The predicted molar refractivity (Wildman–Crippen MR) is 108 cm³/mol. The van der Waals surface area contributed by atoms with Crippen LogP contribution in [0.2, 0.25) is 10.0 Å². The monoisotopic (exact) mass is 416 g/mol. The van der Waals surface area contributed by atoms with Gasteiger partial charge >= 0.3 is 0 Å². The summed E-state index contributed by atoms with van der Waals surface area (Å²) in [5.74, 6) is 0.00440. The van der Waals surface area contributed by atoms with Crippen LogP contribution in [0.5, 0.6) is 0 Å². The van der Waals surface area contributed by atoms with Crippen LogP contribution in [0.4, 0.5) is 0 Å². The molecule has 1 amide bonds. The maximum atomic E-state index is 12.5. The number of hydrogen-bond acceptors (Lipinski definition) is 4. The molecule has 1 aliphatic heterocycles. The molecule has 0 aliphatic carbocycles. The number of rotatable bonds is 7. The fourth-order valence-electron chi connectivity index (χ4n) is 2.59. The molecule has 0 atom stereocenters. The molecule has 150 valence electrons. The first-order valence-corrected chi connectivity index (χ1v) is 10.1. The Labute approximate surface area is 170 Å². The lowest BCUT2D eigenvalue weighted by molar-refractivity contribution is -0.908. The van der Waals surface area contributed by atoms with Crippen molar-refractivity contribution in [1.29, 1.82) is 0 Å². The van der Waals surface area contributed by atoms with Crippen LogP contribution in [0.15, 0.2) is 23.2 Å². The molecule has 0 saturated carbocycles. The third-order valence-electron chi connectivity index (χ3n) is 4.10. The van der Waals surface area contributed by atoms with Crippen LogP contribution in [0.25, 0.3) is 0 Å². The Morgan fingerprint density at radius 3 is 2.70 bits per heavy atom. The SMILES string of the molecule is CC(C)COC(=NCCC[NH+]1CCOCC1)NC(=O)c1ccc(Cl)c(Cl)c1. The van der Waals surface area contributed by atoms with E-state index in [-0.39, 0.29) is 11.9 Å². The summed E-state index contributed by atoms with van der Waals surface area (Å²) in [4.78, 5) is 18.4. The van der Waals surface area contributed by atoms with Crippen LogP contribution in [-0.4, -0.2) is 57.9 Å². The molecule has 0 bridgehead atoms. The molecule has 1 aromatic carbocycles. The van der Waals surface area contributed by atoms with E-state index < -0.39 is 0 Å². The lowest BCUT2D eigenvalue weighted by Gasteiger charge is -2.23. The fraction of sp³-hybridized carbons (Fsp3) is 0.579. The molecule has 1 heterocycles. The van der Waals surface area contributed by atoms with Crippen molar-refractivity contribution >= 4 is 35.1 Å². The first kappa shape index (κ1) is 22.0. The standard InChI is InChI=1S/C19H27Cl2N3O3/c1-14(2)13-27-19(22-6-3-7-24-8-10-26-11-9-24)23-18(25)15-4-5-16(20)17(21)12-15/h4-5,12,14H,3,6-11,13H2,1-2H3,(H,22,23,25)/p+1. The highest BCUT2D eigenvalue weighted by Crippen LogP contribution is 2.22. The van der Waals surface area contributed by atoms with Crippen LogP contribution < -0.4 is 10.2 Å². The number of morpholine rings is 1. The van der Waals surface area contributed by atoms with Crippen molar-refractivity contribution in [2.45, 2.75) is 20.3 Å². The third-order valence-corrected chi connectivity index (χ3v) is 4.84. The molecule has 1 aliphatic rings. The number of carbonyl (C=O) groups is 1. The molecule has 1 aromatic rings. The van der Waals surface area contributed by atoms with E-state index in [1.165, 1.54) is 11.0 Å². The highest BCUT2D eigenvalue weighted by atomic mass is 35.5. The van der Waals surface area contributed by atoms with E-state index in [2.05, 4.69) is 10.3 Å². The van der Waals surface area contributed by atoms with Gasteiger partial charge in [0.2, 0.25) is 0 Å². The van der Waals surface area contributed by atoms with Gasteiger partial charge in [0, 0.05) is 18.5 Å². The van der Waals surface area contributed by atoms with E-state index in [1.807, 2.05) is 13.8 Å². The number of hydrogen-bond donors (Lipinski definition) is 2. The van der Waals surface area contributed by atoms with Crippen LogP contribution in [0.3, 0.4) is 0 Å². The van der Waals surface area contributed by atoms with Gasteiger partial charge in [-0.05, 0) is 24.1 Å². The Morgan fingerprint density at radius 1 is 1.30 bits per heavy atom. The highest BCUT2D eigenvalue weighted by molar-refractivity contribution is 6.42. The zero-order valence-electron chi connectivity index (χ0n) is 15.9. The molecule has 0 aromatic heterocycles. The molecule has 0 spiro atoms. The zero-order chi connectivity index (χ0) is 19.6. The topological polar surface area (TPSA) is 64.4 Å². The minimum absolute atomic E-state index is 0.247. The minimum Gasteiger partial charge on any atom is -0.465 e. The molecular weight excluding hydrogens is 389 g/mol. The largest absolute Gasteiger partial charge is 0.465 e. The normalized spacial score (nSPS) is 15.8. The number of quaternary nitrogens is 1. The average molecular weight is 417 g/mol. The van der Waals surface area contributed by atoms with Crippen molar-refractivity contribution in [3.63, 3.8) is 0 Å². The number of benzene rings is 1. The van der Waals surface area contributed by atoms with Gasteiger partial charge in [0.1, 0.15) is 13.1 Å². The van der Waals surface area contributed by atoms with Crippen LogP contribution in [-0.2, 0) is 9.47 Å². The second-order valence-electron chi connectivity index (χ2n) is 6.94. The van der Waals surface area contributed by atoms with Gasteiger partial charge in [0.05, 0.1) is 36.4 Å². The van der Waals surface area contributed by atoms with E-state index >= 15 is 0 Å². The molecule has 2 N–H and O–H groups in total. The summed E-state index contributed by atoms with van der Waals surface area (Å²) >= 11 is 11.9. The predicted octanol–water partition coefficient (Wildman–Crippen LogP) is 2.06. The number of aliphatic imine (C=N–C) groups is 1. The van der Waals surface area contributed by atoms with Gasteiger partial charge in [0.15, 0.2) is 0 Å². The van der Waals surface area contributed by atoms with E-state index in [4.69, 9.17) is 32.7 Å². The van der Waals surface area contributed by atoms with Gasteiger partial charge in [-0.3, -0.25) is 10.1 Å². The summed E-state index contributed by atoms with van der Waals surface area (Å²) in [5.41, 5.74) is 0.406. The maximum Gasteiger partial charge on any atom is 0.291 e. The molecule has 0 unspecified atom stereocenters. The number of nitrogens with zero attached hydrogens (tertiary/aromatic N) is 1. The lowest BCUT2D eigenvalue weighted by Crippen LogP contribution is -3.14. The second kappa shape index (κ2) is 11.5. The van der Waals surface area contributed by atoms with Crippen molar-refractivity contribution in [3.8, 4) is 0 Å². The number of amidine groups is 1. The van der Waals surface area contributed by atoms with Crippen molar-refractivity contribution in [2.24, 2.45) is 10.9 Å². The molecule has 8 heteroatoms. The summed E-state index contributed by atoms with van der Waals surface area (Å²) in [6.45, 7) is 9.91. The Balaban J connectivity index is 1.90. The van der Waals surface area contributed by atoms with Gasteiger partial charge in [0.25, 0.3) is 11.9 Å². The van der Waals surface area contributed by atoms with Gasteiger partial charge in [-0.2, -0.15) is 0 Å². The number of ether oxygens (including phenoxy) is 2. The summed E-state index contributed by atoms with van der Waals surface area (Å²) in [6.07, 6.45) is 0.923. The van der Waals surface area contributed by atoms with E-state index in [0.29, 0.717) is 34.7 Å². The van der Waals surface area contributed by atoms with Crippen LogP contribution >= 0.6 is 23.2 Å². The van der Waals surface area contributed by atoms with Crippen LogP contribution in [0.1, 0.15) is 30.6 Å². The first-order valence-electron chi connectivity index (χ1n) is 9.30. The smallest absolute Gasteiger partial charge is 0.291 e. The van der Waals surface area contributed by atoms with Crippen LogP contribution in [0, 0.1) is 5.92 Å². The Bertz CT molecular complexity index is 647. The second-order valence-corrected chi connectivity index (χ2v) is 7.76. The Morgan fingerprint density at radius 2 is 2.04 bits per heavy atom. The molecular formula is C19H28Cl2N3O3+. The summed E-state index contributed by atoms with van der Waals surface area (Å²) in [5, 5.41) is 3.47. The van der Waals surface area contributed by atoms with Crippen molar-refractivity contribution < 1.29 is 19.2 Å². The van der Waals surface area contributed by atoms with E-state index in [1.54, 1.807) is 12.1 Å². The zero-order valence-corrected chi connectivity index (χ0v) is 17.4. The van der Waals surface area contributed by atoms with Crippen molar-refractivity contribution in [1.82, 2.24) is 5.32 Å². The Hall–Kier alpha value is -1.34. The van der Waals surface area contributed by atoms with Crippen molar-refractivity contribution in [3.05, 3.63) is 33.8 Å². The quantitative estimate of drug-likeness (QED) is 0.406. The molecule has 1 saturated heterocycles. The molecule has 0 radical (unpaired) electrons. The molecule has 27 heavy (non-hydrogen) atoms. The summed E-state index contributed by atoms with van der Waals surface area (Å²) in [7, 11) is 0. The van der Waals surface area contributed by atoms with E-state index in [9.17, 15) is 4.79 Å². The maximum absolute atomic E-state index is 12.5. The van der Waals surface area contributed by atoms with Gasteiger partial charge in [-0.25, -0.2) is 4.99 Å². The van der Waals surface area contributed by atoms with Crippen molar-refractivity contribution in [2.75, 3.05) is 46.0 Å². The number of nitrogens with one attached hydrogen (secondary N) is 2. The van der Waals surface area contributed by atoms with Gasteiger partial charge in [-0.1, -0.05) is 37.0 Å². The molecule has 2 rings (SSSR count). The summed E-state index contributed by atoms with van der Waals surface area (Å²) < 4.78 is 11.0. The number of amides is 1. The minimum atomic E-state index is -0.324. The van der Waals surface area contributed by atoms with Gasteiger partial charge in [-0.15, -0.1) is 0 Å². The van der Waals surface area contributed by atoms with Gasteiger partial charge < -0.3 is 14.4 Å². The molecule has 6 nitrogen and oxygen atoms in total. The lowest BCUT2D eigenvalue weighted by atomic mass is 10.2. The Kier molecular flexibility index (Phi) is 9.34. The molecule has 1 fully saturated rings. The highest BCUT2D eigenvalue weighted by Gasteiger charge is 2.14. The summed E-state index contributed by atoms with van der Waals surface area (Å²) in [6, 6.07) is 4.99. The third kappa shape index (κ3) is 8.05. The fourth-order valence-corrected chi connectivity index (χ4v) is 2.89. The van der Waals surface area contributed by atoms with E-state index in [0.717, 1.165) is 39.3 Å².